The molecule has 0 aromatic heterocycles. The van der Waals surface area contributed by atoms with E-state index in [2.05, 4.69) is 15.9 Å². The number of nitro benzene ring substituents is 1. The van der Waals surface area contributed by atoms with Crippen molar-refractivity contribution in [1.82, 2.24) is 0 Å². The van der Waals surface area contributed by atoms with Crippen LogP contribution < -0.4 is 4.74 Å². The van der Waals surface area contributed by atoms with E-state index in [1.54, 1.807) is 37.3 Å². The fraction of sp³-hybridized carbons (Fsp3) is 0.143. The normalized spacial score (nSPS) is 11.9. The summed E-state index contributed by atoms with van der Waals surface area (Å²) < 4.78 is 6.19. The first-order valence-corrected chi connectivity index (χ1v) is 6.67. The van der Waals surface area contributed by atoms with Crippen LogP contribution in [-0.2, 0) is 0 Å². The van der Waals surface area contributed by atoms with Crippen molar-refractivity contribution in [2.75, 3.05) is 0 Å². The number of aliphatic hydroxyl groups is 1. The number of nitrogens with zero attached hydrogens (tertiary/aromatic N) is 1. The van der Waals surface area contributed by atoms with Crippen LogP contribution in [0.25, 0.3) is 0 Å². The average Bonchev–Trinajstić information content (AvgIpc) is 2.41. The number of halogens is 1. The molecule has 0 bridgehead atoms. The van der Waals surface area contributed by atoms with Gasteiger partial charge in [-0.25, -0.2) is 0 Å². The van der Waals surface area contributed by atoms with E-state index in [0.29, 0.717) is 10.2 Å². The Balaban J connectivity index is 2.33. The Kier molecular flexibility index (Phi) is 4.36. The molecule has 0 aliphatic heterocycles. The molecular formula is C14H12BrNO4. The van der Waals surface area contributed by atoms with Crippen molar-refractivity contribution in [2.45, 2.75) is 13.0 Å². The molecule has 0 unspecified atom stereocenters. The van der Waals surface area contributed by atoms with E-state index >= 15 is 0 Å². The third-order valence-electron chi connectivity index (χ3n) is 2.72. The Hall–Kier alpha value is -1.92. The number of benzene rings is 2. The second-order valence-electron chi connectivity index (χ2n) is 4.19. The zero-order valence-electron chi connectivity index (χ0n) is 10.6. The van der Waals surface area contributed by atoms with Crippen LogP contribution >= 0.6 is 15.9 Å². The van der Waals surface area contributed by atoms with Crippen LogP contribution in [0, 0.1) is 10.1 Å². The van der Waals surface area contributed by atoms with Crippen LogP contribution in [0.5, 0.6) is 11.5 Å². The summed E-state index contributed by atoms with van der Waals surface area (Å²) in [4.78, 5) is 10.4. The Bertz CT molecular complexity index is 643. The molecule has 5 nitrogen and oxygen atoms in total. The molecule has 0 radical (unpaired) electrons. The van der Waals surface area contributed by atoms with E-state index in [1.807, 2.05) is 0 Å². The van der Waals surface area contributed by atoms with Crippen LogP contribution in [0.3, 0.4) is 0 Å². The maximum absolute atomic E-state index is 10.9. The summed E-state index contributed by atoms with van der Waals surface area (Å²) in [6.07, 6.45) is -0.591. The van der Waals surface area contributed by atoms with E-state index in [4.69, 9.17) is 4.74 Å². The van der Waals surface area contributed by atoms with Crippen molar-refractivity contribution in [2.24, 2.45) is 0 Å². The molecular weight excluding hydrogens is 326 g/mol. The molecule has 1 N–H and O–H groups in total. The molecule has 0 spiro atoms. The van der Waals surface area contributed by atoms with Crippen molar-refractivity contribution in [3.05, 3.63) is 62.6 Å². The first-order chi connectivity index (χ1) is 9.49. The van der Waals surface area contributed by atoms with Crippen molar-refractivity contribution < 1.29 is 14.8 Å². The molecule has 0 saturated carbocycles. The van der Waals surface area contributed by atoms with Gasteiger partial charge in [0.25, 0.3) is 0 Å². The molecule has 0 fully saturated rings. The molecule has 0 amide bonds. The van der Waals surface area contributed by atoms with E-state index in [0.717, 1.165) is 5.56 Å². The molecule has 104 valence electrons. The average molecular weight is 338 g/mol. The maximum Gasteiger partial charge on any atom is 0.311 e. The highest BCUT2D eigenvalue weighted by Gasteiger charge is 2.16. The quantitative estimate of drug-likeness (QED) is 0.670. The highest BCUT2D eigenvalue weighted by molar-refractivity contribution is 9.10. The van der Waals surface area contributed by atoms with Gasteiger partial charge in [0.2, 0.25) is 5.75 Å². The zero-order valence-corrected chi connectivity index (χ0v) is 12.2. The summed E-state index contributed by atoms with van der Waals surface area (Å²) in [5.74, 6) is 0.617. The fourth-order valence-corrected chi connectivity index (χ4v) is 2.15. The minimum atomic E-state index is -0.591. The van der Waals surface area contributed by atoms with Crippen LogP contribution in [0.15, 0.2) is 46.9 Å². The third kappa shape index (κ3) is 3.15. The number of hydrogen-bond donors (Lipinski definition) is 1. The lowest BCUT2D eigenvalue weighted by molar-refractivity contribution is -0.385. The molecule has 0 aliphatic rings. The minimum absolute atomic E-state index is 0.0981. The van der Waals surface area contributed by atoms with E-state index in [9.17, 15) is 15.2 Å². The van der Waals surface area contributed by atoms with Gasteiger partial charge < -0.3 is 9.84 Å². The second kappa shape index (κ2) is 6.02. The Morgan fingerprint density at radius 1 is 1.25 bits per heavy atom. The lowest BCUT2D eigenvalue weighted by atomic mass is 10.1. The number of aliphatic hydroxyl groups excluding tert-OH is 1. The van der Waals surface area contributed by atoms with Gasteiger partial charge in [-0.2, -0.15) is 0 Å². The summed E-state index contributed by atoms with van der Waals surface area (Å²) in [6, 6.07) is 11.2. The van der Waals surface area contributed by atoms with E-state index in [-0.39, 0.29) is 11.4 Å². The van der Waals surface area contributed by atoms with Crippen molar-refractivity contribution in [1.29, 1.82) is 0 Å². The minimum Gasteiger partial charge on any atom is -0.449 e. The van der Waals surface area contributed by atoms with Crippen LogP contribution in [0.4, 0.5) is 5.69 Å². The smallest absolute Gasteiger partial charge is 0.311 e. The number of nitro groups is 1. The predicted octanol–water partition coefficient (Wildman–Crippen LogP) is 4.20. The molecule has 1 atom stereocenters. The summed E-state index contributed by atoms with van der Waals surface area (Å²) in [7, 11) is 0. The van der Waals surface area contributed by atoms with Gasteiger partial charge in [0.05, 0.1) is 15.5 Å². The number of ether oxygens (including phenoxy) is 1. The third-order valence-corrected chi connectivity index (χ3v) is 3.34. The molecule has 2 aromatic carbocycles. The summed E-state index contributed by atoms with van der Waals surface area (Å²) >= 11 is 3.33. The number of para-hydroxylation sites is 2. The monoisotopic (exact) mass is 337 g/mol. The number of hydrogen-bond acceptors (Lipinski definition) is 4. The highest BCUT2D eigenvalue weighted by Crippen LogP contribution is 2.35. The second-order valence-corrected chi connectivity index (χ2v) is 5.05. The Morgan fingerprint density at radius 2 is 1.95 bits per heavy atom. The van der Waals surface area contributed by atoms with Gasteiger partial charge in [0.15, 0.2) is 0 Å². The number of rotatable bonds is 4. The topological polar surface area (TPSA) is 72.6 Å². The molecule has 2 rings (SSSR count). The Labute approximate surface area is 124 Å². The van der Waals surface area contributed by atoms with Gasteiger partial charge in [-0.3, -0.25) is 10.1 Å². The fourth-order valence-electron chi connectivity index (χ4n) is 1.67. The van der Waals surface area contributed by atoms with Gasteiger partial charge in [-0.05, 0) is 46.6 Å². The van der Waals surface area contributed by atoms with Crippen LogP contribution in [0.1, 0.15) is 18.6 Å². The highest BCUT2D eigenvalue weighted by atomic mass is 79.9. The van der Waals surface area contributed by atoms with Gasteiger partial charge in [-0.15, -0.1) is 0 Å². The molecule has 6 heteroatoms. The zero-order chi connectivity index (χ0) is 14.7. The largest absolute Gasteiger partial charge is 0.449 e. The van der Waals surface area contributed by atoms with E-state index < -0.39 is 11.0 Å². The van der Waals surface area contributed by atoms with Crippen LogP contribution in [0.2, 0.25) is 0 Å². The van der Waals surface area contributed by atoms with Crippen LogP contribution in [-0.4, -0.2) is 10.0 Å². The van der Waals surface area contributed by atoms with Crippen molar-refractivity contribution in [3.8, 4) is 11.5 Å². The summed E-state index contributed by atoms with van der Waals surface area (Å²) in [5.41, 5.74) is 0.630. The SMILES string of the molecule is C[C@H](O)c1ccc(Oc2ccccc2[N+](=O)[O-])c(Br)c1. The lowest BCUT2D eigenvalue weighted by Gasteiger charge is -2.10. The molecule has 20 heavy (non-hydrogen) atoms. The Morgan fingerprint density at radius 3 is 2.55 bits per heavy atom. The molecule has 0 saturated heterocycles. The predicted molar refractivity (Wildman–Crippen MR) is 77.9 cm³/mol. The molecule has 2 aromatic rings. The first-order valence-electron chi connectivity index (χ1n) is 5.88. The summed E-state index contributed by atoms with van der Waals surface area (Å²) in [6.45, 7) is 1.66. The summed E-state index contributed by atoms with van der Waals surface area (Å²) in [5, 5.41) is 20.4. The maximum atomic E-state index is 10.9. The van der Waals surface area contributed by atoms with E-state index in [1.165, 1.54) is 12.1 Å². The van der Waals surface area contributed by atoms with Crippen molar-refractivity contribution >= 4 is 21.6 Å². The van der Waals surface area contributed by atoms with Gasteiger partial charge >= 0.3 is 5.69 Å². The van der Waals surface area contributed by atoms with Gasteiger partial charge in [0, 0.05) is 6.07 Å². The van der Waals surface area contributed by atoms with Crippen molar-refractivity contribution in [3.63, 3.8) is 0 Å². The van der Waals surface area contributed by atoms with Gasteiger partial charge in [-0.1, -0.05) is 18.2 Å². The molecule has 0 aliphatic carbocycles. The first kappa shape index (κ1) is 14.5. The lowest BCUT2D eigenvalue weighted by Crippen LogP contribution is -1.95. The standard InChI is InChI=1S/C14H12BrNO4/c1-9(17)10-6-7-13(11(15)8-10)20-14-5-3-2-4-12(14)16(18)19/h2-9,17H,1H3/t9-/m0/s1. The molecule has 0 heterocycles. The van der Waals surface area contributed by atoms with Gasteiger partial charge in [0.1, 0.15) is 5.75 Å².